The standard InChI is InChI=1S/C12H21N3.C2H6/c1-5-12(13-6-2)15-9-7-14(8-10-15)11(3)4;1-2/h5-6,11H,1-2,7-10H2,3-4H3;1-2H3. The Labute approximate surface area is 107 Å². The summed E-state index contributed by atoms with van der Waals surface area (Å²) in [6.45, 7) is 20.1. The Morgan fingerprint density at radius 1 is 1.12 bits per heavy atom. The number of hydrogen-bond donors (Lipinski definition) is 0. The van der Waals surface area contributed by atoms with Crippen LogP contribution in [0.1, 0.15) is 27.7 Å². The molecule has 98 valence electrons. The van der Waals surface area contributed by atoms with Gasteiger partial charge in [0.05, 0.1) is 0 Å². The summed E-state index contributed by atoms with van der Waals surface area (Å²) in [4.78, 5) is 8.94. The van der Waals surface area contributed by atoms with Crippen molar-refractivity contribution in [3.8, 4) is 0 Å². The van der Waals surface area contributed by atoms with E-state index in [4.69, 9.17) is 0 Å². The van der Waals surface area contributed by atoms with E-state index < -0.39 is 0 Å². The highest BCUT2D eigenvalue weighted by Gasteiger charge is 2.19. The summed E-state index contributed by atoms with van der Waals surface area (Å²) in [5.41, 5.74) is 0. The van der Waals surface area contributed by atoms with Crippen LogP contribution in [0.4, 0.5) is 0 Å². The van der Waals surface area contributed by atoms with Gasteiger partial charge in [0.2, 0.25) is 0 Å². The lowest BCUT2D eigenvalue weighted by Gasteiger charge is -2.37. The third kappa shape index (κ3) is 5.18. The maximum atomic E-state index is 4.21. The first-order valence-electron chi connectivity index (χ1n) is 6.49. The lowest BCUT2D eigenvalue weighted by atomic mass is 10.2. The van der Waals surface area contributed by atoms with E-state index in [2.05, 4.69) is 41.8 Å². The van der Waals surface area contributed by atoms with Crippen molar-refractivity contribution in [1.82, 2.24) is 9.80 Å². The molecule has 0 aromatic rings. The Bertz CT molecular complexity index is 248. The number of piperazine rings is 1. The lowest BCUT2D eigenvalue weighted by molar-refractivity contribution is 0.149. The van der Waals surface area contributed by atoms with Gasteiger partial charge in [0.25, 0.3) is 0 Å². The molecule has 3 nitrogen and oxygen atoms in total. The van der Waals surface area contributed by atoms with Crippen molar-refractivity contribution in [2.45, 2.75) is 33.7 Å². The number of aliphatic imine (C=N–C) groups is 1. The summed E-state index contributed by atoms with van der Waals surface area (Å²) < 4.78 is 0. The van der Waals surface area contributed by atoms with Gasteiger partial charge < -0.3 is 4.90 Å². The first-order valence-corrected chi connectivity index (χ1v) is 6.49. The molecule has 0 aromatic heterocycles. The van der Waals surface area contributed by atoms with Gasteiger partial charge in [-0.3, -0.25) is 4.90 Å². The van der Waals surface area contributed by atoms with Gasteiger partial charge in [-0.15, -0.1) is 0 Å². The fourth-order valence-electron chi connectivity index (χ4n) is 1.82. The number of rotatable bonds is 3. The Morgan fingerprint density at radius 3 is 2.00 bits per heavy atom. The maximum Gasteiger partial charge on any atom is 0.127 e. The van der Waals surface area contributed by atoms with E-state index in [1.807, 2.05) is 13.8 Å². The van der Waals surface area contributed by atoms with E-state index in [9.17, 15) is 0 Å². The molecule has 0 saturated carbocycles. The fraction of sp³-hybridized carbons (Fsp3) is 0.643. The minimum atomic E-state index is 0.635. The van der Waals surface area contributed by atoms with Crippen LogP contribution >= 0.6 is 0 Å². The van der Waals surface area contributed by atoms with Gasteiger partial charge in [-0.05, 0) is 19.9 Å². The lowest BCUT2D eigenvalue weighted by Crippen LogP contribution is -2.50. The van der Waals surface area contributed by atoms with Gasteiger partial charge >= 0.3 is 0 Å². The molecule has 0 bridgehead atoms. The predicted octanol–water partition coefficient (Wildman–Crippen LogP) is 2.77. The molecule has 0 N–H and O–H groups in total. The monoisotopic (exact) mass is 237 g/mol. The Hall–Kier alpha value is -1.09. The van der Waals surface area contributed by atoms with Crippen LogP contribution in [0.3, 0.4) is 0 Å². The Morgan fingerprint density at radius 2 is 1.65 bits per heavy atom. The molecule has 0 aliphatic carbocycles. The van der Waals surface area contributed by atoms with Gasteiger partial charge in [-0.25, -0.2) is 4.99 Å². The smallest absolute Gasteiger partial charge is 0.127 e. The molecular formula is C14H27N3. The van der Waals surface area contributed by atoms with Gasteiger partial charge in [-0.2, -0.15) is 0 Å². The molecule has 1 heterocycles. The Balaban J connectivity index is 0.00000121. The molecule has 0 aromatic carbocycles. The van der Waals surface area contributed by atoms with Crippen molar-refractivity contribution >= 4 is 5.84 Å². The Kier molecular flexibility index (Phi) is 8.42. The van der Waals surface area contributed by atoms with Gasteiger partial charge in [0.1, 0.15) is 5.84 Å². The highest BCUT2D eigenvalue weighted by molar-refractivity contribution is 5.92. The fourth-order valence-corrected chi connectivity index (χ4v) is 1.82. The molecular weight excluding hydrogens is 210 g/mol. The van der Waals surface area contributed by atoms with E-state index in [0.29, 0.717) is 6.04 Å². The van der Waals surface area contributed by atoms with Crippen LogP contribution in [0.2, 0.25) is 0 Å². The van der Waals surface area contributed by atoms with Gasteiger partial charge in [0, 0.05) is 38.4 Å². The summed E-state index contributed by atoms with van der Waals surface area (Å²) in [6, 6.07) is 0.635. The molecule has 1 fully saturated rings. The molecule has 1 rings (SSSR count). The molecule has 1 aliphatic rings. The van der Waals surface area contributed by atoms with Crippen molar-refractivity contribution in [2.75, 3.05) is 26.2 Å². The van der Waals surface area contributed by atoms with Crippen LogP contribution in [0.15, 0.2) is 30.4 Å². The van der Waals surface area contributed by atoms with E-state index in [-0.39, 0.29) is 0 Å². The number of hydrogen-bond acceptors (Lipinski definition) is 2. The van der Waals surface area contributed by atoms with E-state index in [1.165, 1.54) is 0 Å². The highest BCUT2D eigenvalue weighted by atomic mass is 15.3. The molecule has 0 amide bonds. The SMILES string of the molecule is C=CN=C(C=C)N1CCN(C(C)C)CC1.CC. The quantitative estimate of drug-likeness (QED) is 0.555. The van der Waals surface area contributed by atoms with E-state index >= 15 is 0 Å². The van der Waals surface area contributed by atoms with E-state index in [1.54, 1.807) is 12.3 Å². The molecule has 3 heteroatoms. The van der Waals surface area contributed by atoms with Crippen molar-refractivity contribution in [2.24, 2.45) is 4.99 Å². The minimum Gasteiger partial charge on any atom is -0.354 e. The number of nitrogens with zero attached hydrogens (tertiary/aromatic N) is 3. The predicted molar refractivity (Wildman–Crippen MR) is 77.5 cm³/mol. The molecule has 0 spiro atoms. The summed E-state index contributed by atoms with van der Waals surface area (Å²) >= 11 is 0. The van der Waals surface area contributed by atoms with E-state index in [0.717, 1.165) is 32.0 Å². The highest BCUT2D eigenvalue weighted by Crippen LogP contribution is 2.07. The topological polar surface area (TPSA) is 18.8 Å². The average Bonchev–Trinajstić information content (AvgIpc) is 2.38. The van der Waals surface area contributed by atoms with Crippen molar-refractivity contribution in [3.63, 3.8) is 0 Å². The molecule has 1 aliphatic heterocycles. The van der Waals surface area contributed by atoms with Crippen LogP contribution in [-0.4, -0.2) is 47.9 Å². The maximum absolute atomic E-state index is 4.21. The molecule has 1 saturated heterocycles. The van der Waals surface area contributed by atoms with Crippen LogP contribution in [0.5, 0.6) is 0 Å². The average molecular weight is 237 g/mol. The van der Waals surface area contributed by atoms with Crippen LogP contribution < -0.4 is 0 Å². The molecule has 0 atom stereocenters. The summed E-state index contributed by atoms with van der Waals surface area (Å²) in [6.07, 6.45) is 3.37. The second-order valence-electron chi connectivity index (χ2n) is 3.99. The van der Waals surface area contributed by atoms with Gasteiger partial charge in [0.15, 0.2) is 0 Å². The third-order valence-corrected chi connectivity index (χ3v) is 2.77. The largest absolute Gasteiger partial charge is 0.354 e. The normalized spacial score (nSPS) is 17.5. The summed E-state index contributed by atoms with van der Waals surface area (Å²) in [7, 11) is 0. The minimum absolute atomic E-state index is 0.635. The molecule has 0 unspecified atom stereocenters. The van der Waals surface area contributed by atoms with Gasteiger partial charge in [-0.1, -0.05) is 27.0 Å². The first kappa shape index (κ1) is 15.9. The first-order chi connectivity index (χ1) is 8.19. The van der Waals surface area contributed by atoms with Crippen molar-refractivity contribution in [1.29, 1.82) is 0 Å². The second kappa shape index (κ2) is 8.99. The molecule has 0 radical (unpaired) electrons. The molecule has 17 heavy (non-hydrogen) atoms. The zero-order valence-corrected chi connectivity index (χ0v) is 11.8. The third-order valence-electron chi connectivity index (χ3n) is 2.77. The van der Waals surface area contributed by atoms with Crippen LogP contribution in [0, 0.1) is 0 Å². The van der Waals surface area contributed by atoms with Crippen LogP contribution in [0.25, 0.3) is 0 Å². The van der Waals surface area contributed by atoms with Crippen molar-refractivity contribution in [3.05, 3.63) is 25.4 Å². The van der Waals surface area contributed by atoms with Crippen LogP contribution in [-0.2, 0) is 0 Å². The number of amidine groups is 1. The second-order valence-corrected chi connectivity index (χ2v) is 3.99. The zero-order chi connectivity index (χ0) is 13.3. The summed E-state index contributed by atoms with van der Waals surface area (Å²) in [5, 5.41) is 0. The zero-order valence-electron chi connectivity index (χ0n) is 11.8. The van der Waals surface area contributed by atoms with Crippen molar-refractivity contribution < 1.29 is 0 Å². The summed E-state index contributed by atoms with van der Waals surface area (Å²) in [5.74, 6) is 0.938.